The summed E-state index contributed by atoms with van der Waals surface area (Å²) in [7, 11) is 3.03. The third kappa shape index (κ3) is 6.05. The molecule has 0 radical (unpaired) electrons. The minimum Gasteiger partial charge on any atom is -0.497 e. The molecule has 0 spiro atoms. The third-order valence-corrected chi connectivity index (χ3v) is 5.67. The van der Waals surface area contributed by atoms with Gasteiger partial charge in [0.05, 0.1) is 25.8 Å². The van der Waals surface area contributed by atoms with Crippen molar-refractivity contribution in [3.05, 3.63) is 111 Å². The maximum absolute atomic E-state index is 14.1. The van der Waals surface area contributed by atoms with Crippen molar-refractivity contribution in [2.24, 2.45) is 0 Å². The number of allylic oxidation sites excluding steroid dienone is 5. The third-order valence-electron chi connectivity index (χ3n) is 5.67. The van der Waals surface area contributed by atoms with Crippen molar-refractivity contribution in [1.82, 2.24) is 19.7 Å². The van der Waals surface area contributed by atoms with Crippen LogP contribution in [0.15, 0.2) is 83.0 Å². The van der Waals surface area contributed by atoms with E-state index < -0.39 is 5.82 Å². The summed E-state index contributed by atoms with van der Waals surface area (Å²) < 4.78 is 27.7. The number of carbonyl (C=O) groups excluding carboxylic acids is 1. The highest BCUT2D eigenvalue weighted by Crippen LogP contribution is 2.19. The summed E-state index contributed by atoms with van der Waals surface area (Å²) in [5.41, 5.74) is 3.11. The van der Waals surface area contributed by atoms with Gasteiger partial charge in [-0.15, -0.1) is 0 Å². The number of pyridine rings is 1. The monoisotopic (exact) mass is 490 g/mol. The van der Waals surface area contributed by atoms with Crippen LogP contribution in [0.2, 0.25) is 0 Å². The number of hydrogen-bond donors (Lipinski definition) is 1. The molecule has 3 aromatic rings. The maximum Gasteiger partial charge on any atom is 0.255 e. The second-order valence-electron chi connectivity index (χ2n) is 8.23. The van der Waals surface area contributed by atoms with Gasteiger partial charge in [-0.1, -0.05) is 24.3 Å². The fourth-order valence-corrected chi connectivity index (χ4v) is 3.78. The lowest BCUT2D eigenvalue weighted by atomic mass is 10.0. The average Bonchev–Trinajstić information content (AvgIpc) is 3.28. The van der Waals surface area contributed by atoms with Gasteiger partial charge in [-0.05, 0) is 41.8 Å². The number of ether oxygens (including phenoxy) is 2. The summed E-state index contributed by atoms with van der Waals surface area (Å²) in [5.74, 6) is -0.288. The Hall–Kier alpha value is -4.24. The van der Waals surface area contributed by atoms with Crippen molar-refractivity contribution >= 4 is 12.1 Å². The second-order valence-corrected chi connectivity index (χ2v) is 8.23. The van der Waals surface area contributed by atoms with E-state index in [9.17, 15) is 14.0 Å². The van der Waals surface area contributed by atoms with Crippen molar-refractivity contribution in [3.8, 4) is 5.75 Å². The number of methoxy groups -OCH3 is 2. The SMILES string of the molecule is COCc1nn(CC2=CCC(=Cn3ccccc3=O)C=C2)cc1C(=O)NCc1cc(OC)ccc1F. The molecule has 0 aliphatic heterocycles. The molecule has 1 aromatic carbocycles. The Morgan fingerprint density at radius 3 is 2.81 bits per heavy atom. The summed E-state index contributed by atoms with van der Waals surface area (Å²) in [6.07, 6.45) is 11.8. The van der Waals surface area contributed by atoms with Crippen molar-refractivity contribution in [1.29, 1.82) is 0 Å². The number of aromatic nitrogens is 3. The molecule has 4 rings (SSSR count). The highest BCUT2D eigenvalue weighted by molar-refractivity contribution is 5.95. The van der Waals surface area contributed by atoms with E-state index >= 15 is 0 Å². The van der Waals surface area contributed by atoms with Gasteiger partial charge in [-0.25, -0.2) is 4.39 Å². The Bertz CT molecular complexity index is 1400. The number of carbonyl (C=O) groups is 1. The summed E-state index contributed by atoms with van der Waals surface area (Å²) in [5, 5.41) is 7.26. The molecule has 1 N–H and O–H groups in total. The lowest BCUT2D eigenvalue weighted by molar-refractivity contribution is 0.0945. The minimum absolute atomic E-state index is 0.00692. The number of hydrogen-bond acceptors (Lipinski definition) is 5. The van der Waals surface area contributed by atoms with Crippen molar-refractivity contribution in [3.63, 3.8) is 0 Å². The van der Waals surface area contributed by atoms with Gasteiger partial charge in [0, 0.05) is 43.9 Å². The van der Waals surface area contributed by atoms with Gasteiger partial charge < -0.3 is 14.8 Å². The van der Waals surface area contributed by atoms with Crippen molar-refractivity contribution < 1.29 is 18.7 Å². The fraction of sp³-hybridized carbons (Fsp3) is 0.222. The first kappa shape index (κ1) is 24.9. The molecule has 9 heteroatoms. The quantitative estimate of drug-likeness (QED) is 0.494. The molecule has 0 saturated carbocycles. The zero-order valence-corrected chi connectivity index (χ0v) is 20.1. The minimum atomic E-state index is -0.425. The van der Waals surface area contributed by atoms with Crippen LogP contribution in [0.25, 0.3) is 6.20 Å². The molecule has 1 aliphatic carbocycles. The molecule has 186 valence electrons. The van der Waals surface area contributed by atoms with Crippen molar-refractivity contribution in [2.45, 2.75) is 26.1 Å². The predicted molar refractivity (Wildman–Crippen MR) is 134 cm³/mol. The highest BCUT2D eigenvalue weighted by atomic mass is 19.1. The normalized spacial score (nSPS) is 14.1. The Morgan fingerprint density at radius 2 is 2.08 bits per heavy atom. The molecule has 1 aliphatic rings. The molecule has 8 nitrogen and oxygen atoms in total. The van der Waals surface area contributed by atoms with E-state index in [-0.39, 0.29) is 24.6 Å². The Balaban J connectivity index is 1.44. The molecule has 0 fully saturated rings. The molecule has 1 amide bonds. The Morgan fingerprint density at radius 1 is 1.22 bits per heavy atom. The molecule has 0 saturated heterocycles. The zero-order chi connectivity index (χ0) is 25.5. The lowest BCUT2D eigenvalue weighted by Gasteiger charge is -2.10. The standard InChI is InChI=1S/C27H27FN4O4/c1-35-18-25-23(27(34)29-14-21-13-22(36-2)10-11-24(21)28)17-32(30-25)16-20-8-6-19(7-9-20)15-31-12-4-3-5-26(31)33/h3-6,8-13,15,17H,7,14,16,18H2,1-2H3,(H,29,34). The summed E-state index contributed by atoms with van der Waals surface area (Å²) in [6.45, 7) is 0.632. The van der Waals surface area contributed by atoms with Crippen LogP contribution >= 0.6 is 0 Å². The van der Waals surface area contributed by atoms with Gasteiger partial charge in [0.1, 0.15) is 17.3 Å². The predicted octanol–water partition coefficient (Wildman–Crippen LogP) is 3.70. The van der Waals surface area contributed by atoms with Gasteiger partial charge in [-0.2, -0.15) is 5.10 Å². The fourth-order valence-electron chi connectivity index (χ4n) is 3.78. The molecule has 0 bridgehead atoms. The lowest BCUT2D eigenvalue weighted by Crippen LogP contribution is -2.24. The molecular weight excluding hydrogens is 463 g/mol. The topological polar surface area (TPSA) is 87.4 Å². The molecule has 0 atom stereocenters. The van der Waals surface area contributed by atoms with Crippen LogP contribution in [-0.4, -0.2) is 34.5 Å². The molecule has 0 unspecified atom stereocenters. The molecular formula is C27H27FN4O4. The van der Waals surface area contributed by atoms with Gasteiger partial charge in [0.25, 0.3) is 11.5 Å². The highest BCUT2D eigenvalue weighted by Gasteiger charge is 2.18. The zero-order valence-electron chi connectivity index (χ0n) is 20.1. The molecule has 36 heavy (non-hydrogen) atoms. The maximum atomic E-state index is 14.1. The number of nitrogens with zero attached hydrogens (tertiary/aromatic N) is 3. The summed E-state index contributed by atoms with van der Waals surface area (Å²) in [6, 6.07) is 9.41. The van der Waals surface area contributed by atoms with Gasteiger partial charge in [0.2, 0.25) is 0 Å². The van der Waals surface area contributed by atoms with E-state index in [0.717, 1.165) is 11.1 Å². The number of nitrogens with one attached hydrogen (secondary N) is 1. The van der Waals surface area contributed by atoms with E-state index in [2.05, 4.69) is 16.5 Å². The number of halogens is 1. The first-order valence-corrected chi connectivity index (χ1v) is 11.4. The van der Waals surface area contributed by atoms with Crippen LogP contribution < -0.4 is 15.6 Å². The van der Waals surface area contributed by atoms with Crippen LogP contribution in [0, 0.1) is 5.82 Å². The van der Waals surface area contributed by atoms with E-state index in [4.69, 9.17) is 9.47 Å². The number of rotatable bonds is 9. The Kier molecular flexibility index (Phi) is 7.92. The summed E-state index contributed by atoms with van der Waals surface area (Å²) in [4.78, 5) is 24.8. The van der Waals surface area contributed by atoms with Crippen LogP contribution in [0.1, 0.15) is 28.0 Å². The van der Waals surface area contributed by atoms with E-state index in [1.807, 2.05) is 24.4 Å². The second kappa shape index (κ2) is 11.5. The first-order valence-electron chi connectivity index (χ1n) is 11.4. The number of benzene rings is 1. The number of amides is 1. The van der Waals surface area contributed by atoms with Crippen LogP contribution in [0.4, 0.5) is 4.39 Å². The van der Waals surface area contributed by atoms with Crippen LogP contribution in [0.3, 0.4) is 0 Å². The summed E-state index contributed by atoms with van der Waals surface area (Å²) >= 11 is 0. The van der Waals surface area contributed by atoms with Gasteiger partial charge in [-0.3, -0.25) is 18.8 Å². The molecule has 2 aromatic heterocycles. The van der Waals surface area contributed by atoms with Gasteiger partial charge >= 0.3 is 0 Å². The smallest absolute Gasteiger partial charge is 0.255 e. The van der Waals surface area contributed by atoms with E-state index in [1.165, 1.54) is 32.4 Å². The largest absolute Gasteiger partial charge is 0.497 e. The van der Waals surface area contributed by atoms with Crippen LogP contribution in [-0.2, 0) is 24.4 Å². The average molecular weight is 491 g/mol. The molecule has 2 heterocycles. The van der Waals surface area contributed by atoms with Crippen LogP contribution in [0.5, 0.6) is 5.75 Å². The van der Waals surface area contributed by atoms with Gasteiger partial charge in [0.15, 0.2) is 0 Å². The Labute approximate surface area is 208 Å². The first-order chi connectivity index (χ1) is 17.5. The van der Waals surface area contributed by atoms with Crippen molar-refractivity contribution in [2.75, 3.05) is 14.2 Å². The van der Waals surface area contributed by atoms with E-state index in [0.29, 0.717) is 35.5 Å². The van der Waals surface area contributed by atoms with E-state index in [1.54, 1.807) is 33.8 Å².